The zero-order valence-corrected chi connectivity index (χ0v) is 14.0. The van der Waals surface area contributed by atoms with Crippen LogP contribution in [0, 0.1) is 0 Å². The van der Waals surface area contributed by atoms with Gasteiger partial charge in [0.2, 0.25) is 10.0 Å². The third-order valence-electron chi connectivity index (χ3n) is 3.31. The Balaban J connectivity index is 1.98. The third-order valence-corrected chi connectivity index (χ3v) is 7.41. The normalized spacial score (nSPS) is 19.9. The van der Waals surface area contributed by atoms with E-state index >= 15 is 0 Å². The number of halogens is 1. The van der Waals surface area contributed by atoms with Crippen molar-refractivity contribution in [3.63, 3.8) is 0 Å². The Bertz CT molecular complexity index is 671. The highest BCUT2D eigenvalue weighted by Crippen LogP contribution is 2.19. The number of nitrogens with one attached hydrogen (secondary N) is 1. The van der Waals surface area contributed by atoms with E-state index in [1.165, 1.54) is 0 Å². The molecule has 1 heterocycles. The summed E-state index contributed by atoms with van der Waals surface area (Å²) in [7, 11) is -6.52. The van der Waals surface area contributed by atoms with Gasteiger partial charge in [-0.2, -0.15) is 0 Å². The summed E-state index contributed by atoms with van der Waals surface area (Å²) in [5.74, 6) is -0.0923. The summed E-state index contributed by atoms with van der Waals surface area (Å²) in [6.07, 6.45) is 0.353. The second-order valence-electron chi connectivity index (χ2n) is 4.85. The molecule has 0 spiro atoms. The maximum atomic E-state index is 12.1. The van der Waals surface area contributed by atoms with Crippen LogP contribution in [-0.4, -0.2) is 33.6 Å². The van der Waals surface area contributed by atoms with Crippen LogP contribution in [0.2, 0.25) is 0 Å². The molecule has 1 N–H and O–H groups in total. The standard InChI is InChI=1S/C12H16BrNO4S2/c13-11-3-1-2-10(8-11)9-14-20(17,18)12-4-6-19(15,16)7-5-12/h1-3,8,12,14H,4-7,9H2. The van der Waals surface area contributed by atoms with E-state index in [9.17, 15) is 16.8 Å². The Labute approximate surface area is 127 Å². The Morgan fingerprint density at radius 1 is 1.25 bits per heavy atom. The van der Waals surface area contributed by atoms with Crippen LogP contribution in [0.1, 0.15) is 18.4 Å². The van der Waals surface area contributed by atoms with Gasteiger partial charge in [0.25, 0.3) is 0 Å². The molecule has 5 nitrogen and oxygen atoms in total. The van der Waals surface area contributed by atoms with Crippen molar-refractivity contribution in [1.82, 2.24) is 4.72 Å². The molecule has 1 aliphatic rings. The highest BCUT2D eigenvalue weighted by molar-refractivity contribution is 9.10. The van der Waals surface area contributed by atoms with Gasteiger partial charge in [0.05, 0.1) is 16.8 Å². The lowest BCUT2D eigenvalue weighted by atomic mass is 10.2. The van der Waals surface area contributed by atoms with Crippen molar-refractivity contribution in [3.8, 4) is 0 Å². The molecule has 0 bridgehead atoms. The van der Waals surface area contributed by atoms with Crippen LogP contribution in [0.15, 0.2) is 28.7 Å². The Kier molecular flexibility index (Phi) is 4.88. The summed E-state index contributed by atoms with van der Waals surface area (Å²) in [5.41, 5.74) is 0.853. The van der Waals surface area contributed by atoms with Crippen molar-refractivity contribution in [3.05, 3.63) is 34.3 Å². The molecule has 0 unspecified atom stereocenters. The van der Waals surface area contributed by atoms with Gasteiger partial charge >= 0.3 is 0 Å². The van der Waals surface area contributed by atoms with E-state index in [1.807, 2.05) is 24.3 Å². The Morgan fingerprint density at radius 2 is 1.90 bits per heavy atom. The molecule has 2 rings (SSSR count). The number of sulfonamides is 1. The number of hydrogen-bond donors (Lipinski definition) is 1. The average Bonchev–Trinajstić information content (AvgIpc) is 2.36. The van der Waals surface area contributed by atoms with E-state index in [2.05, 4.69) is 20.7 Å². The maximum Gasteiger partial charge on any atom is 0.214 e. The average molecular weight is 382 g/mol. The summed E-state index contributed by atoms with van der Waals surface area (Å²) < 4.78 is 50.4. The second-order valence-corrected chi connectivity index (χ2v) is 10.1. The van der Waals surface area contributed by atoms with Gasteiger partial charge in [0.15, 0.2) is 0 Å². The predicted octanol–water partition coefficient (Wildman–Crippen LogP) is 1.45. The summed E-state index contributed by atoms with van der Waals surface area (Å²) in [4.78, 5) is 0. The van der Waals surface area contributed by atoms with E-state index in [-0.39, 0.29) is 30.9 Å². The van der Waals surface area contributed by atoms with E-state index in [1.54, 1.807) is 0 Å². The summed E-state index contributed by atoms with van der Waals surface area (Å²) in [6.45, 7) is 0.213. The van der Waals surface area contributed by atoms with Gasteiger partial charge in [0, 0.05) is 11.0 Å². The summed E-state index contributed by atoms with van der Waals surface area (Å²) in [6, 6.07) is 7.37. The van der Waals surface area contributed by atoms with Crippen LogP contribution in [0.3, 0.4) is 0 Å². The number of benzene rings is 1. The fourth-order valence-electron chi connectivity index (χ4n) is 2.13. The van der Waals surface area contributed by atoms with E-state index in [0.717, 1.165) is 10.0 Å². The molecule has 1 aromatic carbocycles. The van der Waals surface area contributed by atoms with Crippen molar-refractivity contribution in [2.45, 2.75) is 24.6 Å². The minimum absolute atomic E-state index is 0.0462. The van der Waals surface area contributed by atoms with Crippen LogP contribution in [0.5, 0.6) is 0 Å². The molecule has 112 valence electrons. The quantitative estimate of drug-likeness (QED) is 0.855. The number of sulfone groups is 1. The fraction of sp³-hybridized carbons (Fsp3) is 0.500. The highest BCUT2D eigenvalue weighted by atomic mass is 79.9. The lowest BCUT2D eigenvalue weighted by Gasteiger charge is -2.22. The van der Waals surface area contributed by atoms with Crippen LogP contribution in [0.4, 0.5) is 0 Å². The SMILES string of the molecule is O=S1(=O)CCC(S(=O)(=O)NCc2cccc(Br)c2)CC1. The molecule has 0 aromatic heterocycles. The maximum absolute atomic E-state index is 12.1. The van der Waals surface area contributed by atoms with Crippen LogP contribution in [0.25, 0.3) is 0 Å². The minimum Gasteiger partial charge on any atom is -0.229 e. The second kappa shape index (κ2) is 6.13. The lowest BCUT2D eigenvalue weighted by molar-refractivity contribution is 0.542. The number of rotatable bonds is 4. The summed E-state index contributed by atoms with van der Waals surface area (Å²) in [5, 5.41) is -0.613. The first kappa shape index (κ1) is 15.9. The molecule has 0 amide bonds. The summed E-state index contributed by atoms with van der Waals surface area (Å²) >= 11 is 3.33. The zero-order chi connectivity index (χ0) is 14.8. The van der Waals surface area contributed by atoms with Gasteiger partial charge < -0.3 is 0 Å². The van der Waals surface area contributed by atoms with Crippen molar-refractivity contribution in [1.29, 1.82) is 0 Å². The molecule has 0 radical (unpaired) electrons. The molecule has 1 aromatic rings. The zero-order valence-electron chi connectivity index (χ0n) is 10.7. The molecular formula is C12H16BrNO4S2. The molecular weight excluding hydrogens is 366 g/mol. The molecule has 0 aliphatic carbocycles. The Hall–Kier alpha value is -0.440. The van der Waals surface area contributed by atoms with Crippen LogP contribution < -0.4 is 4.72 Å². The van der Waals surface area contributed by atoms with E-state index in [0.29, 0.717) is 0 Å². The van der Waals surface area contributed by atoms with Gasteiger partial charge in [-0.1, -0.05) is 28.1 Å². The third kappa shape index (κ3) is 4.28. The molecule has 1 saturated heterocycles. The highest BCUT2D eigenvalue weighted by Gasteiger charge is 2.32. The van der Waals surface area contributed by atoms with E-state index in [4.69, 9.17) is 0 Å². The molecule has 1 fully saturated rings. The molecule has 1 aliphatic heterocycles. The largest absolute Gasteiger partial charge is 0.229 e. The van der Waals surface area contributed by atoms with Gasteiger partial charge in [-0.3, -0.25) is 0 Å². The smallest absolute Gasteiger partial charge is 0.214 e. The van der Waals surface area contributed by atoms with Gasteiger partial charge in [-0.15, -0.1) is 0 Å². The van der Waals surface area contributed by atoms with Gasteiger partial charge in [-0.05, 0) is 30.5 Å². The molecule has 8 heteroatoms. The molecule has 0 atom stereocenters. The first-order chi connectivity index (χ1) is 9.28. The van der Waals surface area contributed by atoms with E-state index < -0.39 is 25.1 Å². The monoisotopic (exact) mass is 381 g/mol. The van der Waals surface area contributed by atoms with Crippen molar-refractivity contribution in [2.24, 2.45) is 0 Å². The minimum atomic E-state index is -3.47. The van der Waals surface area contributed by atoms with Gasteiger partial charge in [-0.25, -0.2) is 21.6 Å². The van der Waals surface area contributed by atoms with Gasteiger partial charge in [0.1, 0.15) is 9.84 Å². The predicted molar refractivity (Wildman–Crippen MR) is 81.6 cm³/mol. The Morgan fingerprint density at radius 3 is 2.50 bits per heavy atom. The number of hydrogen-bond acceptors (Lipinski definition) is 4. The lowest BCUT2D eigenvalue weighted by Crippen LogP contribution is -2.39. The van der Waals surface area contributed by atoms with Crippen LogP contribution >= 0.6 is 15.9 Å². The van der Waals surface area contributed by atoms with Crippen molar-refractivity contribution >= 4 is 35.8 Å². The van der Waals surface area contributed by atoms with Crippen LogP contribution in [-0.2, 0) is 26.4 Å². The topological polar surface area (TPSA) is 80.3 Å². The molecule has 20 heavy (non-hydrogen) atoms. The first-order valence-corrected chi connectivity index (χ1v) is 10.4. The molecule has 0 saturated carbocycles. The van der Waals surface area contributed by atoms with Crippen molar-refractivity contribution in [2.75, 3.05) is 11.5 Å². The van der Waals surface area contributed by atoms with Crippen molar-refractivity contribution < 1.29 is 16.8 Å². The first-order valence-electron chi connectivity index (χ1n) is 6.22. The fourth-order valence-corrected chi connectivity index (χ4v) is 5.82.